The van der Waals surface area contributed by atoms with Crippen LogP contribution in [0.5, 0.6) is 0 Å². The number of nitrogens with zero attached hydrogens (tertiary/aromatic N) is 3. The fourth-order valence-electron chi connectivity index (χ4n) is 2.81. The third-order valence-electron chi connectivity index (χ3n) is 4.23. The minimum Gasteiger partial charge on any atom is -0.341 e. The maximum absolute atomic E-state index is 12.9. The number of para-hydroxylation sites is 2. The quantitative estimate of drug-likeness (QED) is 0.669. The van der Waals surface area contributed by atoms with E-state index in [1.807, 2.05) is 24.9 Å². The zero-order chi connectivity index (χ0) is 18.0. The van der Waals surface area contributed by atoms with E-state index < -0.39 is 4.92 Å². The molecular weight excluding hydrogens is 340 g/mol. The number of carbonyl (C=O) groups excluding carboxylic acids is 1. The van der Waals surface area contributed by atoms with Crippen molar-refractivity contribution >= 4 is 33.6 Å². The van der Waals surface area contributed by atoms with E-state index in [0.717, 1.165) is 18.0 Å². The largest absolute Gasteiger partial charge is 0.341 e. The number of thiophene rings is 1. The van der Waals surface area contributed by atoms with Crippen molar-refractivity contribution in [1.29, 1.82) is 0 Å². The molecule has 0 aliphatic carbocycles. The number of hydrogen-bond donors (Lipinski definition) is 1. The summed E-state index contributed by atoms with van der Waals surface area (Å²) in [6.45, 7) is 5.00. The van der Waals surface area contributed by atoms with E-state index in [0.29, 0.717) is 29.3 Å². The van der Waals surface area contributed by atoms with E-state index >= 15 is 0 Å². The topological polar surface area (TPSA) is 78.7 Å². The number of nitro benzene ring substituents is 1. The van der Waals surface area contributed by atoms with Gasteiger partial charge in [0.15, 0.2) is 0 Å². The predicted octanol–water partition coefficient (Wildman–Crippen LogP) is 3.10. The average molecular weight is 360 g/mol. The number of anilines is 2. The molecule has 0 radical (unpaired) electrons. The number of likely N-dealkylation sites (N-methyl/N-ethyl adjacent to an activating group) is 1. The molecule has 0 spiro atoms. The lowest BCUT2D eigenvalue weighted by Crippen LogP contribution is -2.47. The van der Waals surface area contributed by atoms with E-state index in [9.17, 15) is 14.9 Å². The van der Waals surface area contributed by atoms with Gasteiger partial charge in [-0.25, -0.2) is 0 Å². The van der Waals surface area contributed by atoms with Crippen molar-refractivity contribution in [3.63, 3.8) is 0 Å². The van der Waals surface area contributed by atoms with Crippen LogP contribution in [0.3, 0.4) is 0 Å². The molecule has 1 aliphatic heterocycles. The smallest absolute Gasteiger partial charge is 0.292 e. The van der Waals surface area contributed by atoms with Crippen molar-refractivity contribution in [3.8, 4) is 0 Å². The van der Waals surface area contributed by atoms with Crippen molar-refractivity contribution in [2.75, 3.05) is 38.5 Å². The highest BCUT2D eigenvalue weighted by atomic mass is 32.1. The van der Waals surface area contributed by atoms with Crippen LogP contribution in [0.4, 0.5) is 16.4 Å². The van der Waals surface area contributed by atoms with Crippen LogP contribution in [0.1, 0.15) is 15.2 Å². The summed E-state index contributed by atoms with van der Waals surface area (Å²) < 4.78 is 0. The number of rotatable bonds is 4. The Kier molecular flexibility index (Phi) is 5.00. The first-order valence-electron chi connectivity index (χ1n) is 8.04. The number of carbonyl (C=O) groups is 1. The fourth-order valence-corrected chi connectivity index (χ4v) is 3.72. The van der Waals surface area contributed by atoms with Gasteiger partial charge in [0, 0.05) is 37.1 Å². The van der Waals surface area contributed by atoms with E-state index in [-0.39, 0.29) is 11.6 Å². The zero-order valence-electron chi connectivity index (χ0n) is 14.2. The van der Waals surface area contributed by atoms with Crippen LogP contribution in [0, 0.1) is 17.0 Å². The number of nitro groups is 1. The molecular formula is C17H20N4O3S. The van der Waals surface area contributed by atoms with E-state index in [1.54, 1.807) is 18.2 Å². The van der Waals surface area contributed by atoms with Gasteiger partial charge in [0.25, 0.3) is 11.6 Å². The monoisotopic (exact) mass is 360 g/mol. The Hall–Kier alpha value is -2.45. The molecule has 2 heterocycles. The molecule has 0 bridgehead atoms. The molecule has 8 heteroatoms. The Morgan fingerprint density at radius 2 is 1.92 bits per heavy atom. The third-order valence-corrected chi connectivity index (χ3v) is 5.19. The second-order valence-electron chi connectivity index (χ2n) is 6.09. The van der Waals surface area contributed by atoms with E-state index in [1.165, 1.54) is 17.4 Å². The van der Waals surface area contributed by atoms with Crippen LogP contribution in [-0.4, -0.2) is 53.9 Å². The van der Waals surface area contributed by atoms with Gasteiger partial charge in [-0.3, -0.25) is 14.9 Å². The Balaban J connectivity index is 1.87. The molecule has 1 saturated heterocycles. The summed E-state index contributed by atoms with van der Waals surface area (Å²) >= 11 is 1.43. The lowest BCUT2D eigenvalue weighted by Gasteiger charge is -2.32. The molecule has 0 saturated carbocycles. The molecule has 2 aromatic rings. The van der Waals surface area contributed by atoms with Gasteiger partial charge >= 0.3 is 0 Å². The van der Waals surface area contributed by atoms with Crippen LogP contribution < -0.4 is 5.32 Å². The van der Waals surface area contributed by atoms with Gasteiger partial charge in [0.1, 0.15) is 10.7 Å². The highest BCUT2D eigenvalue weighted by molar-refractivity contribution is 7.16. The van der Waals surface area contributed by atoms with Crippen molar-refractivity contribution in [2.45, 2.75) is 6.92 Å². The zero-order valence-corrected chi connectivity index (χ0v) is 15.0. The van der Waals surface area contributed by atoms with Crippen molar-refractivity contribution in [2.24, 2.45) is 0 Å². The Morgan fingerprint density at radius 3 is 2.60 bits per heavy atom. The second kappa shape index (κ2) is 7.20. The summed E-state index contributed by atoms with van der Waals surface area (Å²) in [5.41, 5.74) is 0.957. The fraction of sp³-hybridized carbons (Fsp3) is 0.353. The number of piperazine rings is 1. The van der Waals surface area contributed by atoms with E-state index in [4.69, 9.17) is 0 Å². The summed E-state index contributed by atoms with van der Waals surface area (Å²) in [6.07, 6.45) is 0. The number of aryl methyl sites for hydroxylation is 1. The van der Waals surface area contributed by atoms with Crippen molar-refractivity contribution < 1.29 is 9.72 Å². The molecule has 7 nitrogen and oxygen atoms in total. The van der Waals surface area contributed by atoms with Crippen LogP contribution >= 0.6 is 11.3 Å². The minimum atomic E-state index is -0.426. The van der Waals surface area contributed by atoms with Crippen molar-refractivity contribution in [3.05, 3.63) is 50.9 Å². The molecule has 25 heavy (non-hydrogen) atoms. The van der Waals surface area contributed by atoms with Gasteiger partial charge in [-0.15, -0.1) is 11.3 Å². The Labute approximate surface area is 150 Å². The Morgan fingerprint density at radius 1 is 1.24 bits per heavy atom. The maximum atomic E-state index is 12.9. The first kappa shape index (κ1) is 17.4. The van der Waals surface area contributed by atoms with Crippen LogP contribution in [0.25, 0.3) is 0 Å². The Bertz CT molecular complexity index is 797. The average Bonchev–Trinajstić information content (AvgIpc) is 2.95. The van der Waals surface area contributed by atoms with Gasteiger partial charge in [-0.1, -0.05) is 12.1 Å². The number of benzene rings is 1. The number of hydrogen-bond acceptors (Lipinski definition) is 6. The second-order valence-corrected chi connectivity index (χ2v) is 7.35. The lowest BCUT2D eigenvalue weighted by atomic mass is 10.2. The molecule has 1 aromatic carbocycles. The van der Waals surface area contributed by atoms with Crippen LogP contribution in [-0.2, 0) is 0 Å². The van der Waals surface area contributed by atoms with Gasteiger partial charge in [-0.05, 0) is 26.1 Å². The molecule has 0 atom stereocenters. The molecule has 3 rings (SSSR count). The number of nitrogens with one attached hydrogen (secondary N) is 1. The first-order chi connectivity index (χ1) is 12.0. The van der Waals surface area contributed by atoms with Crippen LogP contribution in [0.15, 0.2) is 30.3 Å². The molecule has 1 aromatic heterocycles. The predicted molar refractivity (Wildman–Crippen MR) is 98.8 cm³/mol. The molecule has 0 unspecified atom stereocenters. The summed E-state index contributed by atoms with van der Waals surface area (Å²) in [5.74, 6) is -0.0291. The molecule has 132 valence electrons. The maximum Gasteiger partial charge on any atom is 0.292 e. The molecule has 1 amide bonds. The van der Waals surface area contributed by atoms with Gasteiger partial charge in [-0.2, -0.15) is 0 Å². The summed E-state index contributed by atoms with van der Waals surface area (Å²) in [7, 11) is 2.04. The standard InChI is InChI=1S/C17H20N4O3S/c1-12-11-13(17(22)20-9-7-19(2)8-10-20)16(25-12)18-14-5-3-4-6-15(14)21(23)24/h3-6,11,18H,7-10H2,1-2H3. The SMILES string of the molecule is Cc1cc(C(=O)N2CCN(C)CC2)c(Nc2ccccc2[N+](=O)[O-])s1. The number of amides is 1. The summed E-state index contributed by atoms with van der Waals surface area (Å²) in [6, 6.07) is 8.31. The first-order valence-corrected chi connectivity index (χ1v) is 8.86. The highest BCUT2D eigenvalue weighted by Crippen LogP contribution is 2.34. The normalized spacial score (nSPS) is 15.2. The third kappa shape index (κ3) is 3.80. The summed E-state index contributed by atoms with van der Waals surface area (Å²) in [4.78, 5) is 28.7. The summed E-state index contributed by atoms with van der Waals surface area (Å²) in [5, 5.41) is 14.9. The molecule has 1 fully saturated rings. The van der Waals surface area contributed by atoms with Gasteiger partial charge in [0.05, 0.1) is 10.5 Å². The van der Waals surface area contributed by atoms with Gasteiger partial charge < -0.3 is 15.1 Å². The van der Waals surface area contributed by atoms with E-state index in [2.05, 4.69) is 10.2 Å². The van der Waals surface area contributed by atoms with Crippen LogP contribution in [0.2, 0.25) is 0 Å². The highest BCUT2D eigenvalue weighted by Gasteiger charge is 2.25. The van der Waals surface area contributed by atoms with Crippen molar-refractivity contribution in [1.82, 2.24) is 9.80 Å². The minimum absolute atomic E-state index is 0.00782. The van der Waals surface area contributed by atoms with Gasteiger partial charge in [0.2, 0.25) is 0 Å². The molecule has 1 N–H and O–H groups in total. The molecule has 1 aliphatic rings. The lowest BCUT2D eigenvalue weighted by molar-refractivity contribution is -0.383.